The summed E-state index contributed by atoms with van der Waals surface area (Å²) in [6.07, 6.45) is 0. The van der Waals surface area contributed by atoms with Crippen LogP contribution in [-0.2, 0) is 0 Å². The summed E-state index contributed by atoms with van der Waals surface area (Å²) in [5.74, 6) is -1.59. The van der Waals surface area contributed by atoms with E-state index >= 15 is 0 Å². The predicted molar refractivity (Wildman–Crippen MR) is 33.4 cm³/mol. The molecule has 1 aromatic heterocycles. The lowest BCUT2D eigenvalue weighted by molar-refractivity contribution is 0.0699. The molecule has 1 amide bonds. The summed E-state index contributed by atoms with van der Waals surface area (Å²) in [5.41, 5.74) is 1.18. The van der Waals surface area contributed by atoms with Crippen molar-refractivity contribution in [1.29, 1.82) is 0 Å². The summed E-state index contributed by atoms with van der Waals surface area (Å²) in [4.78, 5) is 13.8. The lowest BCUT2D eigenvalue weighted by Crippen LogP contribution is -2.20. The molecule has 0 radical (unpaired) electrons. The molecule has 0 spiro atoms. The Morgan fingerprint density at radius 2 is 2.36 bits per heavy atom. The van der Waals surface area contributed by atoms with Gasteiger partial charge in [0.15, 0.2) is 0 Å². The summed E-state index contributed by atoms with van der Waals surface area (Å²) < 4.78 is 12.3. The van der Waals surface area contributed by atoms with E-state index in [1.165, 1.54) is 17.6 Å². The van der Waals surface area contributed by atoms with Gasteiger partial charge in [0.2, 0.25) is 5.95 Å². The number of nitrogens with one attached hydrogen (secondary N) is 1. The molecule has 11 heavy (non-hydrogen) atoms. The SMILES string of the molecule is O=C(NO)c1cccc(F)n1. The fourth-order valence-electron chi connectivity index (χ4n) is 0.592. The molecule has 0 aliphatic carbocycles. The minimum Gasteiger partial charge on any atom is -0.288 e. The first-order valence-electron chi connectivity index (χ1n) is 2.81. The van der Waals surface area contributed by atoms with E-state index in [0.29, 0.717) is 0 Å². The number of hydroxylamine groups is 1. The molecule has 0 unspecified atom stereocenters. The van der Waals surface area contributed by atoms with Gasteiger partial charge in [0.05, 0.1) is 0 Å². The molecule has 0 aliphatic heterocycles. The summed E-state index contributed by atoms with van der Waals surface area (Å²) in [5, 5.41) is 8.12. The van der Waals surface area contributed by atoms with Gasteiger partial charge in [0, 0.05) is 0 Å². The normalized spacial score (nSPS) is 9.27. The third kappa shape index (κ3) is 1.71. The van der Waals surface area contributed by atoms with Crippen LogP contribution in [0.2, 0.25) is 0 Å². The third-order valence-corrected chi connectivity index (χ3v) is 1.05. The van der Waals surface area contributed by atoms with Crippen molar-refractivity contribution in [3.05, 3.63) is 29.8 Å². The molecule has 0 aliphatic rings. The lowest BCUT2D eigenvalue weighted by Gasteiger charge is -1.95. The van der Waals surface area contributed by atoms with Crippen molar-refractivity contribution in [2.24, 2.45) is 0 Å². The van der Waals surface area contributed by atoms with Crippen LogP contribution in [0.1, 0.15) is 10.5 Å². The molecule has 4 nitrogen and oxygen atoms in total. The molecule has 1 heterocycles. The number of pyridine rings is 1. The van der Waals surface area contributed by atoms with Gasteiger partial charge in [-0.25, -0.2) is 10.5 Å². The Morgan fingerprint density at radius 1 is 1.64 bits per heavy atom. The van der Waals surface area contributed by atoms with Crippen molar-refractivity contribution in [2.75, 3.05) is 0 Å². The van der Waals surface area contributed by atoms with Crippen molar-refractivity contribution in [2.45, 2.75) is 0 Å². The van der Waals surface area contributed by atoms with E-state index in [-0.39, 0.29) is 5.69 Å². The van der Waals surface area contributed by atoms with Gasteiger partial charge in [-0.2, -0.15) is 4.39 Å². The second kappa shape index (κ2) is 3.07. The van der Waals surface area contributed by atoms with Crippen molar-refractivity contribution < 1.29 is 14.4 Å². The zero-order valence-electron chi connectivity index (χ0n) is 5.41. The molecule has 1 rings (SSSR count). The Kier molecular flexibility index (Phi) is 2.12. The number of carbonyl (C=O) groups excluding carboxylic acids is 1. The Morgan fingerprint density at radius 3 is 2.91 bits per heavy atom. The van der Waals surface area contributed by atoms with Gasteiger partial charge in [0.25, 0.3) is 5.91 Å². The van der Waals surface area contributed by atoms with E-state index in [1.807, 2.05) is 0 Å². The first-order chi connectivity index (χ1) is 5.24. The monoisotopic (exact) mass is 156 g/mol. The molecule has 0 fully saturated rings. The largest absolute Gasteiger partial charge is 0.293 e. The number of carbonyl (C=O) groups is 1. The molecule has 5 heteroatoms. The molecule has 0 atom stereocenters. The first kappa shape index (κ1) is 7.62. The molecule has 1 aromatic rings. The molecule has 58 valence electrons. The average Bonchev–Trinajstić information content (AvgIpc) is 2.03. The van der Waals surface area contributed by atoms with Gasteiger partial charge < -0.3 is 0 Å². The van der Waals surface area contributed by atoms with E-state index in [4.69, 9.17) is 5.21 Å². The minimum absolute atomic E-state index is 0.160. The number of rotatable bonds is 1. The van der Waals surface area contributed by atoms with E-state index in [0.717, 1.165) is 6.07 Å². The quantitative estimate of drug-likeness (QED) is 0.350. The molecule has 0 aromatic carbocycles. The number of hydrogen-bond acceptors (Lipinski definition) is 3. The maximum absolute atomic E-state index is 12.3. The molecule has 0 bridgehead atoms. The van der Waals surface area contributed by atoms with Gasteiger partial charge in [-0.15, -0.1) is 0 Å². The van der Waals surface area contributed by atoms with Gasteiger partial charge in [-0.1, -0.05) is 6.07 Å². The van der Waals surface area contributed by atoms with Crippen LogP contribution in [0, 0.1) is 5.95 Å². The van der Waals surface area contributed by atoms with E-state index < -0.39 is 11.9 Å². The van der Waals surface area contributed by atoms with Crippen molar-refractivity contribution in [1.82, 2.24) is 10.5 Å². The standard InChI is InChI=1S/C6H5FN2O2/c7-5-3-1-2-4(8-5)6(10)9-11/h1-3,11H,(H,9,10). The van der Waals surface area contributed by atoms with E-state index in [9.17, 15) is 9.18 Å². The van der Waals surface area contributed by atoms with Crippen LogP contribution >= 0.6 is 0 Å². The second-order valence-corrected chi connectivity index (χ2v) is 1.79. The highest BCUT2D eigenvalue weighted by atomic mass is 19.1. The number of hydrogen-bond donors (Lipinski definition) is 2. The topological polar surface area (TPSA) is 62.2 Å². The Hall–Kier alpha value is -1.49. The maximum Gasteiger partial charge on any atom is 0.293 e. The number of nitrogens with zero attached hydrogens (tertiary/aromatic N) is 1. The zero-order valence-corrected chi connectivity index (χ0v) is 5.41. The Bertz CT molecular complexity index is 277. The summed E-state index contributed by atoms with van der Waals surface area (Å²) in [6, 6.07) is 3.72. The van der Waals surface area contributed by atoms with Gasteiger partial charge >= 0.3 is 0 Å². The van der Waals surface area contributed by atoms with Crippen LogP contribution in [-0.4, -0.2) is 16.1 Å². The summed E-state index contributed by atoms with van der Waals surface area (Å²) in [6.45, 7) is 0. The minimum atomic E-state index is -0.829. The lowest BCUT2D eigenvalue weighted by atomic mass is 10.3. The van der Waals surface area contributed by atoms with Crippen LogP contribution in [0.3, 0.4) is 0 Å². The van der Waals surface area contributed by atoms with E-state index in [2.05, 4.69) is 4.98 Å². The number of amides is 1. The highest BCUT2D eigenvalue weighted by Gasteiger charge is 2.04. The Balaban J connectivity index is 2.96. The molecule has 0 saturated heterocycles. The van der Waals surface area contributed by atoms with Crippen molar-refractivity contribution in [3.63, 3.8) is 0 Å². The first-order valence-corrected chi connectivity index (χ1v) is 2.81. The highest BCUT2D eigenvalue weighted by Crippen LogP contribution is 1.96. The number of aromatic nitrogens is 1. The van der Waals surface area contributed by atoms with Crippen LogP contribution in [0.4, 0.5) is 4.39 Å². The van der Waals surface area contributed by atoms with Crippen molar-refractivity contribution >= 4 is 5.91 Å². The molecular weight excluding hydrogens is 151 g/mol. The van der Waals surface area contributed by atoms with Gasteiger partial charge in [-0.3, -0.25) is 10.0 Å². The van der Waals surface area contributed by atoms with Crippen LogP contribution in [0.5, 0.6) is 0 Å². The average molecular weight is 156 g/mol. The van der Waals surface area contributed by atoms with Crippen LogP contribution in [0.25, 0.3) is 0 Å². The van der Waals surface area contributed by atoms with Crippen molar-refractivity contribution in [3.8, 4) is 0 Å². The fraction of sp³-hybridized carbons (Fsp3) is 0. The fourth-order valence-corrected chi connectivity index (χ4v) is 0.592. The molecule has 2 N–H and O–H groups in total. The Labute approximate surface area is 61.6 Å². The molecular formula is C6H5FN2O2. The van der Waals surface area contributed by atoms with Crippen LogP contribution < -0.4 is 5.48 Å². The zero-order chi connectivity index (χ0) is 8.27. The highest BCUT2D eigenvalue weighted by molar-refractivity contribution is 5.91. The smallest absolute Gasteiger partial charge is 0.288 e. The predicted octanol–water partition coefficient (Wildman–Crippen LogP) is 0.340. The van der Waals surface area contributed by atoms with Gasteiger partial charge in [0.1, 0.15) is 5.69 Å². The third-order valence-electron chi connectivity index (χ3n) is 1.05. The number of halogens is 1. The maximum atomic E-state index is 12.3. The second-order valence-electron chi connectivity index (χ2n) is 1.79. The van der Waals surface area contributed by atoms with Crippen LogP contribution in [0.15, 0.2) is 18.2 Å². The van der Waals surface area contributed by atoms with E-state index in [1.54, 1.807) is 0 Å². The summed E-state index contributed by atoms with van der Waals surface area (Å²) in [7, 11) is 0. The van der Waals surface area contributed by atoms with Gasteiger partial charge in [-0.05, 0) is 12.1 Å². The molecule has 0 saturated carbocycles. The summed E-state index contributed by atoms with van der Waals surface area (Å²) >= 11 is 0.